The summed E-state index contributed by atoms with van der Waals surface area (Å²) in [4.78, 5) is 13.6. The monoisotopic (exact) mass is 273 g/mol. The summed E-state index contributed by atoms with van der Waals surface area (Å²) in [6, 6.07) is 9.93. The average molecular weight is 273 g/mol. The van der Waals surface area contributed by atoms with Gasteiger partial charge in [0, 0.05) is 12.7 Å². The zero-order chi connectivity index (χ0) is 14.7. The molecule has 2 aromatic rings. The average Bonchev–Trinajstić information content (AvgIpc) is 2.78. The van der Waals surface area contributed by atoms with Gasteiger partial charge in [-0.3, -0.25) is 10.2 Å². The van der Waals surface area contributed by atoms with Gasteiger partial charge < -0.3 is 9.32 Å². The van der Waals surface area contributed by atoms with E-state index in [-0.39, 0.29) is 5.91 Å². The molecule has 1 aromatic carbocycles. The highest BCUT2D eigenvalue weighted by Crippen LogP contribution is 2.20. The third-order valence-corrected chi connectivity index (χ3v) is 3.18. The van der Waals surface area contributed by atoms with Crippen LogP contribution in [-0.4, -0.2) is 13.0 Å². The van der Waals surface area contributed by atoms with E-state index in [1.165, 1.54) is 5.56 Å². The van der Waals surface area contributed by atoms with Crippen molar-refractivity contribution in [3.8, 4) is 0 Å². The first-order valence-corrected chi connectivity index (χ1v) is 6.39. The SMILES string of the molecule is Cc1cccc(N(C)Cc2cc(C(=O)NN)c(C)o2)c1. The van der Waals surface area contributed by atoms with Gasteiger partial charge in [0.25, 0.3) is 5.91 Å². The summed E-state index contributed by atoms with van der Waals surface area (Å²) in [6.45, 7) is 4.39. The minimum atomic E-state index is -0.337. The zero-order valence-electron chi connectivity index (χ0n) is 11.9. The van der Waals surface area contributed by atoms with E-state index >= 15 is 0 Å². The van der Waals surface area contributed by atoms with Crippen molar-refractivity contribution < 1.29 is 9.21 Å². The second-order valence-corrected chi connectivity index (χ2v) is 4.85. The summed E-state index contributed by atoms with van der Waals surface area (Å²) in [5.41, 5.74) is 4.89. The van der Waals surface area contributed by atoms with Gasteiger partial charge in [-0.2, -0.15) is 0 Å². The van der Waals surface area contributed by atoms with Gasteiger partial charge in [0.05, 0.1) is 12.1 Å². The number of nitrogens with zero attached hydrogens (tertiary/aromatic N) is 1. The molecular weight excluding hydrogens is 254 g/mol. The van der Waals surface area contributed by atoms with Gasteiger partial charge in [-0.15, -0.1) is 0 Å². The van der Waals surface area contributed by atoms with Crippen molar-refractivity contribution in [2.45, 2.75) is 20.4 Å². The number of anilines is 1. The molecule has 1 aromatic heterocycles. The highest BCUT2D eigenvalue weighted by Gasteiger charge is 2.15. The first-order chi connectivity index (χ1) is 9.51. The smallest absolute Gasteiger partial charge is 0.268 e. The Morgan fingerprint density at radius 3 is 2.75 bits per heavy atom. The lowest BCUT2D eigenvalue weighted by Gasteiger charge is -2.18. The van der Waals surface area contributed by atoms with Crippen LogP contribution in [0, 0.1) is 13.8 Å². The molecule has 0 aliphatic carbocycles. The third-order valence-electron chi connectivity index (χ3n) is 3.18. The lowest BCUT2D eigenvalue weighted by atomic mass is 10.2. The number of furan rings is 1. The molecule has 0 spiro atoms. The number of carbonyl (C=O) groups excluding carboxylic acids is 1. The van der Waals surface area contributed by atoms with E-state index in [4.69, 9.17) is 10.3 Å². The standard InChI is InChI=1S/C15H19N3O2/c1-10-5-4-6-12(7-10)18(3)9-13-8-14(11(2)20-13)15(19)17-16/h4-8H,9,16H2,1-3H3,(H,17,19). The maximum Gasteiger partial charge on any atom is 0.268 e. The second kappa shape index (κ2) is 5.79. The van der Waals surface area contributed by atoms with E-state index in [1.807, 2.05) is 19.2 Å². The quantitative estimate of drug-likeness (QED) is 0.508. The Labute approximate surface area is 118 Å². The molecule has 5 heteroatoms. The molecule has 0 saturated carbocycles. The van der Waals surface area contributed by atoms with Crippen molar-refractivity contribution in [3.05, 3.63) is 53.0 Å². The van der Waals surface area contributed by atoms with Crippen LogP contribution in [0.15, 0.2) is 34.7 Å². The van der Waals surface area contributed by atoms with Crippen molar-refractivity contribution in [2.24, 2.45) is 5.84 Å². The van der Waals surface area contributed by atoms with Crippen LogP contribution in [0.4, 0.5) is 5.69 Å². The molecule has 5 nitrogen and oxygen atoms in total. The fourth-order valence-corrected chi connectivity index (χ4v) is 2.12. The largest absolute Gasteiger partial charge is 0.464 e. The molecule has 2 rings (SSSR count). The predicted octanol–water partition coefficient (Wildman–Crippen LogP) is 2.14. The summed E-state index contributed by atoms with van der Waals surface area (Å²) in [7, 11) is 1.98. The van der Waals surface area contributed by atoms with Gasteiger partial charge in [0.15, 0.2) is 0 Å². The van der Waals surface area contributed by atoms with Crippen molar-refractivity contribution >= 4 is 11.6 Å². The minimum absolute atomic E-state index is 0.337. The fourth-order valence-electron chi connectivity index (χ4n) is 2.12. The van der Waals surface area contributed by atoms with E-state index in [9.17, 15) is 4.79 Å². The van der Waals surface area contributed by atoms with Gasteiger partial charge in [0.2, 0.25) is 0 Å². The van der Waals surface area contributed by atoms with E-state index in [1.54, 1.807) is 13.0 Å². The summed E-state index contributed by atoms with van der Waals surface area (Å²) in [5.74, 6) is 6.10. The van der Waals surface area contributed by atoms with Crippen LogP contribution in [-0.2, 0) is 6.54 Å². The van der Waals surface area contributed by atoms with Gasteiger partial charge in [-0.25, -0.2) is 5.84 Å². The number of hydrazine groups is 1. The molecule has 0 aliphatic rings. The summed E-state index contributed by atoms with van der Waals surface area (Å²) in [6.07, 6.45) is 0. The Kier molecular flexibility index (Phi) is 4.10. The number of carbonyl (C=O) groups is 1. The molecule has 3 N–H and O–H groups in total. The number of hydrogen-bond donors (Lipinski definition) is 2. The molecule has 0 saturated heterocycles. The van der Waals surface area contributed by atoms with Gasteiger partial charge >= 0.3 is 0 Å². The van der Waals surface area contributed by atoms with E-state index in [0.717, 1.165) is 11.4 Å². The Morgan fingerprint density at radius 2 is 2.10 bits per heavy atom. The topological polar surface area (TPSA) is 71.5 Å². The third kappa shape index (κ3) is 3.00. The summed E-state index contributed by atoms with van der Waals surface area (Å²) >= 11 is 0. The molecule has 0 bridgehead atoms. The van der Waals surface area contributed by atoms with Crippen LogP contribution in [0.5, 0.6) is 0 Å². The van der Waals surface area contributed by atoms with E-state index < -0.39 is 0 Å². The highest BCUT2D eigenvalue weighted by molar-refractivity contribution is 5.94. The first-order valence-electron chi connectivity index (χ1n) is 6.39. The van der Waals surface area contributed by atoms with Crippen molar-refractivity contribution in [1.82, 2.24) is 5.43 Å². The van der Waals surface area contributed by atoms with Crippen LogP contribution < -0.4 is 16.2 Å². The number of aryl methyl sites for hydroxylation is 2. The number of nitrogens with two attached hydrogens (primary N) is 1. The van der Waals surface area contributed by atoms with Gasteiger partial charge in [-0.05, 0) is 37.6 Å². The molecule has 20 heavy (non-hydrogen) atoms. The molecule has 0 fully saturated rings. The summed E-state index contributed by atoms with van der Waals surface area (Å²) in [5, 5.41) is 0. The van der Waals surface area contributed by atoms with Gasteiger partial charge in [-0.1, -0.05) is 12.1 Å². The Bertz CT molecular complexity index is 619. The van der Waals surface area contributed by atoms with Crippen LogP contribution in [0.1, 0.15) is 27.4 Å². The molecule has 0 atom stereocenters. The normalized spacial score (nSPS) is 10.4. The predicted molar refractivity (Wildman–Crippen MR) is 78.4 cm³/mol. The van der Waals surface area contributed by atoms with Gasteiger partial charge in [0.1, 0.15) is 11.5 Å². The molecule has 0 unspecified atom stereocenters. The maximum absolute atomic E-state index is 11.5. The number of hydrogen-bond acceptors (Lipinski definition) is 4. The molecule has 1 amide bonds. The minimum Gasteiger partial charge on any atom is -0.464 e. The highest BCUT2D eigenvalue weighted by atomic mass is 16.3. The Balaban J connectivity index is 2.16. The molecule has 106 valence electrons. The van der Waals surface area contributed by atoms with Crippen molar-refractivity contribution in [1.29, 1.82) is 0 Å². The number of nitrogens with one attached hydrogen (secondary N) is 1. The van der Waals surface area contributed by atoms with Crippen LogP contribution >= 0.6 is 0 Å². The second-order valence-electron chi connectivity index (χ2n) is 4.85. The molecule has 0 aliphatic heterocycles. The lowest BCUT2D eigenvalue weighted by molar-refractivity contribution is 0.0952. The van der Waals surface area contributed by atoms with E-state index in [2.05, 4.69) is 29.4 Å². The number of benzene rings is 1. The van der Waals surface area contributed by atoms with Crippen molar-refractivity contribution in [3.63, 3.8) is 0 Å². The molecule has 1 heterocycles. The molecular formula is C15H19N3O2. The fraction of sp³-hybridized carbons (Fsp3) is 0.267. The van der Waals surface area contributed by atoms with Crippen LogP contribution in [0.25, 0.3) is 0 Å². The maximum atomic E-state index is 11.5. The zero-order valence-corrected chi connectivity index (χ0v) is 11.9. The van der Waals surface area contributed by atoms with E-state index in [0.29, 0.717) is 17.9 Å². The van der Waals surface area contributed by atoms with Crippen molar-refractivity contribution in [2.75, 3.05) is 11.9 Å². The number of rotatable bonds is 4. The molecule has 0 radical (unpaired) electrons. The Morgan fingerprint density at radius 1 is 1.35 bits per heavy atom. The van der Waals surface area contributed by atoms with Crippen LogP contribution in [0.2, 0.25) is 0 Å². The first kappa shape index (κ1) is 14.1. The Hall–Kier alpha value is -2.27. The number of nitrogen functional groups attached to an aromatic ring is 1. The number of amides is 1. The van der Waals surface area contributed by atoms with Crippen LogP contribution in [0.3, 0.4) is 0 Å². The summed E-state index contributed by atoms with van der Waals surface area (Å²) < 4.78 is 5.60. The lowest BCUT2D eigenvalue weighted by Crippen LogP contribution is -2.30.